The number of aromatic amines is 1. The van der Waals surface area contributed by atoms with Crippen molar-refractivity contribution in [2.45, 2.75) is 49.8 Å². The van der Waals surface area contributed by atoms with Crippen molar-refractivity contribution in [3.8, 4) is 5.75 Å². The lowest BCUT2D eigenvalue weighted by Gasteiger charge is -2.58. The molecule has 1 aromatic carbocycles. The Morgan fingerprint density at radius 1 is 1.29 bits per heavy atom. The molecule has 0 radical (unpaired) electrons. The summed E-state index contributed by atoms with van der Waals surface area (Å²) in [6.45, 7) is 3.65. The summed E-state index contributed by atoms with van der Waals surface area (Å²) in [5.41, 5.74) is 1.74. The number of carbonyl (C=O) groups is 1. The van der Waals surface area contributed by atoms with Crippen LogP contribution in [0.15, 0.2) is 18.2 Å². The van der Waals surface area contributed by atoms with Gasteiger partial charge in [-0.1, -0.05) is 0 Å². The van der Waals surface area contributed by atoms with Crippen LogP contribution in [0.1, 0.15) is 42.6 Å². The molecule has 2 N–H and O–H groups in total. The third kappa shape index (κ3) is 2.42. The molecule has 3 atom stereocenters. The highest BCUT2D eigenvalue weighted by atomic mass is 16.5. The number of hydrogen-bond donors (Lipinski definition) is 2. The minimum atomic E-state index is -0.0796. The van der Waals surface area contributed by atoms with Crippen LogP contribution in [0.3, 0.4) is 0 Å². The summed E-state index contributed by atoms with van der Waals surface area (Å²) >= 11 is 0. The number of amides is 1. The van der Waals surface area contributed by atoms with Crippen molar-refractivity contribution in [2.24, 2.45) is 5.92 Å². The Balaban J connectivity index is 1.21. The second-order valence-corrected chi connectivity index (χ2v) is 8.73. The van der Waals surface area contributed by atoms with Gasteiger partial charge >= 0.3 is 0 Å². The van der Waals surface area contributed by atoms with E-state index in [4.69, 9.17) is 9.47 Å². The lowest BCUT2D eigenvalue weighted by Crippen LogP contribution is -2.64. The quantitative estimate of drug-likeness (QED) is 0.847. The summed E-state index contributed by atoms with van der Waals surface area (Å²) in [4.78, 5) is 15.6. The Hall–Kier alpha value is -2.12. The molecule has 0 bridgehead atoms. The first kappa shape index (κ1) is 16.8. The molecule has 4 heterocycles. The van der Waals surface area contributed by atoms with Gasteiger partial charge in [-0.3, -0.25) is 14.8 Å². The molecule has 1 saturated carbocycles. The summed E-state index contributed by atoms with van der Waals surface area (Å²) in [5, 5.41) is 11.4. The van der Waals surface area contributed by atoms with E-state index >= 15 is 0 Å². The SMILES string of the molecule is O=C(N[C@@H]1CN2CCC23CC[C@H]13)c1n[nH]c2ccc(OC3CCOCC3)cc12. The van der Waals surface area contributed by atoms with Crippen LogP contribution in [0.4, 0.5) is 0 Å². The minimum absolute atomic E-state index is 0.0796. The Morgan fingerprint density at radius 3 is 2.89 bits per heavy atom. The molecule has 4 fully saturated rings. The number of nitrogens with one attached hydrogen (secondary N) is 2. The highest BCUT2D eigenvalue weighted by Gasteiger charge is 2.63. The van der Waals surface area contributed by atoms with Crippen molar-refractivity contribution in [1.29, 1.82) is 0 Å². The number of benzene rings is 1. The molecule has 7 nitrogen and oxygen atoms in total. The Kier molecular flexibility index (Phi) is 3.71. The van der Waals surface area contributed by atoms with E-state index < -0.39 is 0 Å². The van der Waals surface area contributed by atoms with Crippen molar-refractivity contribution in [3.63, 3.8) is 0 Å². The molecule has 7 heteroatoms. The second-order valence-electron chi connectivity index (χ2n) is 8.73. The van der Waals surface area contributed by atoms with Crippen LogP contribution in [0.25, 0.3) is 10.9 Å². The first-order valence-electron chi connectivity index (χ1n) is 10.5. The van der Waals surface area contributed by atoms with Crippen LogP contribution < -0.4 is 10.1 Å². The zero-order valence-electron chi connectivity index (χ0n) is 15.9. The summed E-state index contributed by atoms with van der Waals surface area (Å²) < 4.78 is 11.5. The highest BCUT2D eigenvalue weighted by molar-refractivity contribution is 6.05. The number of nitrogens with zero attached hydrogens (tertiary/aromatic N) is 2. The number of H-pyrrole nitrogens is 1. The van der Waals surface area contributed by atoms with Gasteiger partial charge < -0.3 is 14.8 Å². The van der Waals surface area contributed by atoms with Gasteiger partial charge in [0.15, 0.2) is 5.69 Å². The molecule has 1 unspecified atom stereocenters. The number of aromatic nitrogens is 2. The largest absolute Gasteiger partial charge is 0.490 e. The number of ether oxygens (including phenoxy) is 2. The predicted octanol–water partition coefficient (Wildman–Crippen LogP) is 2.09. The monoisotopic (exact) mass is 382 g/mol. The fourth-order valence-electron chi connectivity index (χ4n) is 5.73. The van der Waals surface area contributed by atoms with Crippen molar-refractivity contribution >= 4 is 16.8 Å². The third-order valence-corrected chi connectivity index (χ3v) is 7.46. The van der Waals surface area contributed by atoms with Crippen molar-refractivity contribution < 1.29 is 14.3 Å². The molecule has 2 aromatic rings. The molecule has 3 aliphatic heterocycles. The second kappa shape index (κ2) is 6.19. The molecule has 6 rings (SSSR count). The van der Waals surface area contributed by atoms with Crippen molar-refractivity contribution in [2.75, 3.05) is 26.3 Å². The molecule has 1 spiro atoms. The zero-order chi connectivity index (χ0) is 18.7. The average Bonchev–Trinajstić information content (AvgIpc) is 3.13. The van der Waals surface area contributed by atoms with Crippen molar-refractivity contribution in [1.82, 2.24) is 20.4 Å². The Labute approximate surface area is 163 Å². The number of hydrogen-bond acceptors (Lipinski definition) is 5. The zero-order valence-corrected chi connectivity index (χ0v) is 15.9. The summed E-state index contributed by atoms with van der Waals surface area (Å²) in [7, 11) is 0. The molecule has 3 saturated heterocycles. The van der Waals surface area contributed by atoms with Gasteiger partial charge in [0.1, 0.15) is 11.9 Å². The first-order valence-corrected chi connectivity index (χ1v) is 10.5. The molecular weight excluding hydrogens is 356 g/mol. The third-order valence-electron chi connectivity index (χ3n) is 7.46. The van der Waals surface area contributed by atoms with Gasteiger partial charge in [0.05, 0.1) is 18.7 Å². The summed E-state index contributed by atoms with van der Waals surface area (Å²) in [6, 6.07) is 6.07. The highest BCUT2D eigenvalue weighted by Crippen LogP contribution is 2.57. The molecule has 1 aliphatic carbocycles. The topological polar surface area (TPSA) is 79.5 Å². The van der Waals surface area contributed by atoms with Crippen LogP contribution in [0, 0.1) is 5.92 Å². The van der Waals surface area contributed by atoms with E-state index in [9.17, 15) is 4.79 Å². The molecular formula is C21H26N4O3. The summed E-state index contributed by atoms with van der Waals surface area (Å²) in [6.07, 6.45) is 5.79. The molecule has 148 valence electrons. The van der Waals surface area contributed by atoms with Crippen LogP contribution in [-0.4, -0.2) is 65.0 Å². The van der Waals surface area contributed by atoms with E-state index in [-0.39, 0.29) is 18.1 Å². The smallest absolute Gasteiger partial charge is 0.272 e. The van der Waals surface area contributed by atoms with Crippen LogP contribution in [0.5, 0.6) is 5.75 Å². The van der Waals surface area contributed by atoms with Gasteiger partial charge in [-0.05, 0) is 43.4 Å². The average molecular weight is 382 g/mol. The fraction of sp³-hybridized carbons (Fsp3) is 0.619. The maximum Gasteiger partial charge on any atom is 0.272 e. The van der Waals surface area contributed by atoms with Gasteiger partial charge in [0, 0.05) is 42.9 Å². The van der Waals surface area contributed by atoms with Gasteiger partial charge in [-0.2, -0.15) is 5.10 Å². The first-order chi connectivity index (χ1) is 13.7. The van der Waals surface area contributed by atoms with Crippen LogP contribution in [-0.2, 0) is 4.74 Å². The van der Waals surface area contributed by atoms with E-state index in [0.29, 0.717) is 17.2 Å². The molecule has 28 heavy (non-hydrogen) atoms. The maximum atomic E-state index is 13.0. The van der Waals surface area contributed by atoms with Gasteiger partial charge in [-0.25, -0.2) is 0 Å². The van der Waals surface area contributed by atoms with Crippen LogP contribution >= 0.6 is 0 Å². The normalized spacial score (nSPS) is 32.3. The number of fused-ring (bicyclic) bond motifs is 1. The minimum Gasteiger partial charge on any atom is -0.490 e. The Bertz CT molecular complexity index is 918. The number of rotatable bonds is 4. The molecule has 1 aromatic heterocycles. The lowest BCUT2D eigenvalue weighted by molar-refractivity contribution is -0.0676. The van der Waals surface area contributed by atoms with E-state index in [2.05, 4.69) is 20.4 Å². The van der Waals surface area contributed by atoms with E-state index in [1.165, 1.54) is 25.8 Å². The molecule has 4 aliphatic rings. The van der Waals surface area contributed by atoms with E-state index in [0.717, 1.165) is 49.3 Å². The van der Waals surface area contributed by atoms with Crippen molar-refractivity contribution in [3.05, 3.63) is 23.9 Å². The molecule has 1 amide bonds. The predicted molar refractivity (Wildman–Crippen MR) is 103 cm³/mol. The van der Waals surface area contributed by atoms with E-state index in [1.54, 1.807) is 0 Å². The van der Waals surface area contributed by atoms with Gasteiger partial charge in [0.25, 0.3) is 5.91 Å². The fourth-order valence-corrected chi connectivity index (χ4v) is 5.73. The van der Waals surface area contributed by atoms with Gasteiger partial charge in [-0.15, -0.1) is 0 Å². The Morgan fingerprint density at radius 2 is 2.18 bits per heavy atom. The van der Waals surface area contributed by atoms with Crippen LogP contribution in [0.2, 0.25) is 0 Å². The maximum absolute atomic E-state index is 13.0. The van der Waals surface area contributed by atoms with Gasteiger partial charge in [0.2, 0.25) is 0 Å². The van der Waals surface area contributed by atoms with E-state index in [1.807, 2.05) is 18.2 Å². The lowest BCUT2D eigenvalue weighted by atomic mass is 9.61. The summed E-state index contributed by atoms with van der Waals surface area (Å²) in [5.74, 6) is 1.32. The standard InChI is InChI=1S/C21H26N4O3/c26-20(22-18-12-25-8-7-21(25)6-3-16(18)21)19-15-11-14(1-2-17(15)23-24-19)28-13-4-9-27-10-5-13/h1-2,11,13,16,18H,3-10,12H2,(H,22,26)(H,23,24)/t16-,18-,21?/m1/s1. The number of carbonyl (C=O) groups excluding carboxylic acids is 1.